The van der Waals surface area contributed by atoms with E-state index in [2.05, 4.69) is 116 Å². The molecule has 3 aliphatic rings. The maximum Gasteiger partial charge on any atom is 0.334 e. The van der Waals surface area contributed by atoms with Crippen LogP contribution in [-0.4, -0.2) is 60.4 Å². The van der Waals surface area contributed by atoms with E-state index < -0.39 is 22.2 Å². The van der Waals surface area contributed by atoms with Crippen molar-refractivity contribution < 1.29 is 27.9 Å². The Bertz CT molecular complexity index is 1350. The number of rotatable bonds is 12. The summed E-state index contributed by atoms with van der Waals surface area (Å²) >= 11 is 0. The number of hydrogen-bond donors (Lipinski definition) is 0. The first-order valence-corrected chi connectivity index (χ1v) is 22.3. The van der Waals surface area contributed by atoms with Crippen molar-refractivity contribution in [1.82, 2.24) is 0 Å². The molecule has 47 heavy (non-hydrogen) atoms. The Morgan fingerprint density at radius 2 is 1.47 bits per heavy atom. The summed E-state index contributed by atoms with van der Waals surface area (Å²) in [5.41, 5.74) is 1.15. The van der Waals surface area contributed by atoms with Gasteiger partial charge in [-0.25, -0.2) is 4.79 Å². The Kier molecular flexibility index (Phi) is 10.8. The molecule has 8 heteroatoms. The van der Waals surface area contributed by atoms with Crippen LogP contribution in [0.25, 0.3) is 0 Å². The lowest BCUT2D eigenvalue weighted by molar-refractivity contribution is -0.169. The second-order valence-electron chi connectivity index (χ2n) is 15.4. The van der Waals surface area contributed by atoms with Crippen molar-refractivity contribution in [2.45, 2.75) is 122 Å². The minimum absolute atomic E-state index is 0.0377. The van der Waals surface area contributed by atoms with Gasteiger partial charge in [0.15, 0.2) is 8.32 Å². The number of hydrogen-bond acceptors (Lipinski definition) is 6. The Labute approximate surface area is 285 Å². The van der Waals surface area contributed by atoms with Gasteiger partial charge in [-0.15, -0.1) is 0 Å². The summed E-state index contributed by atoms with van der Waals surface area (Å²) in [7, 11) is -3.27. The molecule has 258 valence electrons. The van der Waals surface area contributed by atoms with Gasteiger partial charge < -0.3 is 23.1 Å². The average Bonchev–Trinajstić information content (AvgIpc) is 3.51. The molecule has 0 aromatic heterocycles. The topological polar surface area (TPSA) is 63.2 Å². The molecule has 0 saturated heterocycles. The van der Waals surface area contributed by atoms with Crippen LogP contribution >= 0.6 is 0 Å². The minimum atomic E-state index is -2.83. The van der Waals surface area contributed by atoms with Crippen molar-refractivity contribution in [2.75, 3.05) is 13.9 Å². The van der Waals surface area contributed by atoms with Crippen LogP contribution in [0, 0.1) is 17.8 Å². The molecule has 2 saturated carbocycles. The zero-order valence-electron chi connectivity index (χ0n) is 30.4. The van der Waals surface area contributed by atoms with Crippen LogP contribution in [-0.2, 0) is 27.9 Å². The highest BCUT2D eigenvalue weighted by Crippen LogP contribution is 2.57. The first kappa shape index (κ1) is 36.2. The van der Waals surface area contributed by atoms with Crippen molar-refractivity contribution in [2.24, 2.45) is 17.8 Å². The van der Waals surface area contributed by atoms with Crippen LogP contribution < -0.4 is 10.4 Å². The second kappa shape index (κ2) is 14.0. The number of methoxy groups -OCH3 is 1. The minimum Gasteiger partial charge on any atom is -0.454 e. The molecule has 1 heterocycles. The molecule has 2 aliphatic carbocycles. The molecule has 0 spiro atoms. The molecule has 0 bridgehead atoms. The highest BCUT2D eigenvalue weighted by Gasteiger charge is 2.62. The monoisotopic (exact) mass is 678 g/mol. The fourth-order valence-electron chi connectivity index (χ4n) is 9.14. The van der Waals surface area contributed by atoms with E-state index >= 15 is 0 Å². The quantitative estimate of drug-likeness (QED) is 0.131. The first-order chi connectivity index (χ1) is 22.3. The summed E-state index contributed by atoms with van der Waals surface area (Å²) in [6.45, 7) is 20.6. The summed E-state index contributed by atoms with van der Waals surface area (Å²) in [6, 6.07) is 24.9. The second-order valence-corrected chi connectivity index (χ2v) is 24.4. The number of carbonyl (C=O) groups excluding carboxylic acids is 1. The highest BCUT2D eigenvalue weighted by atomic mass is 28.4. The van der Waals surface area contributed by atoms with Gasteiger partial charge in [0, 0.05) is 30.8 Å². The van der Waals surface area contributed by atoms with Crippen molar-refractivity contribution in [1.29, 1.82) is 0 Å². The SMILES string of the molecule is CC[Si](CC)(CC)O[C@@H]1C2=C(C)C(=O)O[C@H]2C[C@](C)(OCOC)[C@H]2C[C@H](O[Si](c3ccccc3)(c3ccccc3)C(C)(C)C)[C@H](C)[C@@H]12. The van der Waals surface area contributed by atoms with Gasteiger partial charge in [0.05, 0.1) is 11.7 Å². The fraction of sp³-hybridized carbons (Fsp3) is 0.615. The molecule has 2 aromatic rings. The largest absolute Gasteiger partial charge is 0.454 e. The number of carbonyl (C=O) groups is 1. The Morgan fingerprint density at radius 1 is 0.915 bits per heavy atom. The molecule has 1 aliphatic heterocycles. The summed E-state index contributed by atoms with van der Waals surface area (Å²) in [4.78, 5) is 13.2. The predicted octanol–water partition coefficient (Wildman–Crippen LogP) is 7.62. The molecule has 2 aromatic carbocycles. The van der Waals surface area contributed by atoms with E-state index in [0.717, 1.165) is 30.1 Å². The Hall–Kier alpha value is -2.08. The van der Waals surface area contributed by atoms with E-state index in [1.54, 1.807) is 7.11 Å². The molecule has 6 nitrogen and oxygen atoms in total. The van der Waals surface area contributed by atoms with Gasteiger partial charge >= 0.3 is 5.97 Å². The van der Waals surface area contributed by atoms with Crippen LogP contribution in [0.15, 0.2) is 71.8 Å². The first-order valence-electron chi connectivity index (χ1n) is 17.8. The molecule has 0 amide bonds. The summed E-state index contributed by atoms with van der Waals surface area (Å²) in [6.07, 6.45) is 0.791. The highest BCUT2D eigenvalue weighted by molar-refractivity contribution is 6.99. The van der Waals surface area contributed by atoms with Gasteiger partial charge in [0.25, 0.3) is 8.32 Å². The van der Waals surface area contributed by atoms with Gasteiger partial charge in [0.1, 0.15) is 12.9 Å². The molecule has 0 N–H and O–H groups in total. The van der Waals surface area contributed by atoms with Crippen molar-refractivity contribution in [3.63, 3.8) is 0 Å². The van der Waals surface area contributed by atoms with Crippen LogP contribution in [0.5, 0.6) is 0 Å². The third kappa shape index (κ3) is 6.39. The van der Waals surface area contributed by atoms with E-state index in [1.807, 2.05) is 6.92 Å². The van der Waals surface area contributed by atoms with Gasteiger partial charge in [0.2, 0.25) is 0 Å². The maximum atomic E-state index is 13.2. The lowest BCUT2D eigenvalue weighted by Crippen LogP contribution is -2.68. The van der Waals surface area contributed by atoms with E-state index in [-0.39, 0.29) is 53.9 Å². The number of benzene rings is 2. The van der Waals surface area contributed by atoms with Crippen molar-refractivity contribution in [3.05, 3.63) is 71.8 Å². The van der Waals surface area contributed by atoms with E-state index in [1.165, 1.54) is 10.4 Å². The van der Waals surface area contributed by atoms with Gasteiger partial charge in [-0.2, -0.15) is 0 Å². The van der Waals surface area contributed by atoms with E-state index in [9.17, 15) is 4.79 Å². The average molecular weight is 679 g/mol. The summed E-state index contributed by atoms with van der Waals surface area (Å²) < 4.78 is 33.8. The number of esters is 1. The lowest BCUT2D eigenvalue weighted by atomic mass is 9.76. The van der Waals surface area contributed by atoms with Crippen molar-refractivity contribution in [3.8, 4) is 0 Å². The fourth-order valence-corrected chi connectivity index (χ4v) is 16.7. The van der Waals surface area contributed by atoms with E-state index in [0.29, 0.717) is 12.0 Å². The smallest absolute Gasteiger partial charge is 0.334 e. The molecular formula is C39H58O6Si2. The normalized spacial score (nSPS) is 29.8. The zero-order chi connectivity index (χ0) is 34.2. The number of ether oxygens (including phenoxy) is 3. The van der Waals surface area contributed by atoms with Crippen LogP contribution in [0.3, 0.4) is 0 Å². The molecule has 0 unspecified atom stereocenters. The molecule has 5 rings (SSSR count). The lowest BCUT2D eigenvalue weighted by Gasteiger charge is -2.46. The number of fused-ring (bicyclic) bond motifs is 2. The van der Waals surface area contributed by atoms with Crippen LogP contribution in [0.2, 0.25) is 23.2 Å². The maximum absolute atomic E-state index is 13.2. The molecule has 0 radical (unpaired) electrons. The molecular weight excluding hydrogens is 621 g/mol. The third-order valence-corrected chi connectivity index (χ3v) is 21.8. The van der Waals surface area contributed by atoms with Gasteiger partial charge in [-0.05, 0) is 71.6 Å². The summed E-state index contributed by atoms with van der Waals surface area (Å²) in [5, 5.41) is 2.43. The summed E-state index contributed by atoms with van der Waals surface area (Å²) in [5.74, 6) is 0.113. The molecule has 7 atom stereocenters. The predicted molar refractivity (Wildman–Crippen MR) is 194 cm³/mol. The van der Waals surface area contributed by atoms with Gasteiger partial charge in [-0.1, -0.05) is 109 Å². The van der Waals surface area contributed by atoms with Crippen LogP contribution in [0.4, 0.5) is 0 Å². The zero-order valence-corrected chi connectivity index (χ0v) is 32.4. The Morgan fingerprint density at radius 3 is 1.96 bits per heavy atom. The standard InChI is InChI=1S/C39H58O6Si2/c1-11-46(12-2,13-3)45-36-34-27(4)32(24-31(34)39(9,42-26-41-10)25-33-35(36)28(5)37(40)43-33)44-47(38(6,7)8,29-20-16-14-17-21-29)30-22-18-15-19-23-30/h14-23,27,31-34,36H,11-13,24-26H2,1-10H3/t27-,31-,32-,33-,34+,36-,39-/m0/s1. The Balaban J connectivity index is 1.69. The van der Waals surface area contributed by atoms with Crippen LogP contribution in [0.1, 0.15) is 75.2 Å². The van der Waals surface area contributed by atoms with Crippen molar-refractivity contribution >= 4 is 33.0 Å². The third-order valence-electron chi connectivity index (χ3n) is 12.1. The molecule has 2 fully saturated rings. The van der Waals surface area contributed by atoms with E-state index in [4.69, 9.17) is 23.1 Å². The van der Waals surface area contributed by atoms with Gasteiger partial charge in [-0.3, -0.25) is 0 Å².